The summed E-state index contributed by atoms with van der Waals surface area (Å²) in [6.07, 6.45) is 6.96. The zero-order valence-corrected chi connectivity index (χ0v) is 9.16. The Bertz CT molecular complexity index is 331. The third kappa shape index (κ3) is 2.58. The molecule has 1 heterocycles. The van der Waals surface area contributed by atoms with Gasteiger partial charge in [0.15, 0.2) is 0 Å². The molecule has 0 unspecified atom stereocenters. The van der Waals surface area contributed by atoms with Gasteiger partial charge in [-0.1, -0.05) is 19.8 Å². The van der Waals surface area contributed by atoms with Gasteiger partial charge in [-0.25, -0.2) is 4.98 Å². The maximum atomic E-state index is 5.58. The molecule has 0 spiro atoms. The van der Waals surface area contributed by atoms with Crippen LogP contribution in [0.15, 0.2) is 12.3 Å². The van der Waals surface area contributed by atoms with Crippen LogP contribution in [0, 0.1) is 5.41 Å². The van der Waals surface area contributed by atoms with Crippen molar-refractivity contribution in [1.82, 2.24) is 9.97 Å². The molecule has 0 aromatic carbocycles. The van der Waals surface area contributed by atoms with Crippen molar-refractivity contribution in [3.05, 3.63) is 12.3 Å². The molecule has 0 atom stereocenters. The summed E-state index contributed by atoms with van der Waals surface area (Å²) < 4.78 is 0. The Morgan fingerprint density at radius 3 is 2.87 bits per heavy atom. The Labute approximate surface area is 90.3 Å². The van der Waals surface area contributed by atoms with Crippen LogP contribution >= 0.6 is 0 Å². The highest BCUT2D eigenvalue weighted by molar-refractivity contribution is 5.35. The molecule has 0 radical (unpaired) electrons. The summed E-state index contributed by atoms with van der Waals surface area (Å²) in [6.45, 7) is 3.26. The van der Waals surface area contributed by atoms with Gasteiger partial charge in [-0.15, -0.1) is 0 Å². The zero-order chi connectivity index (χ0) is 10.7. The van der Waals surface area contributed by atoms with Gasteiger partial charge in [0.05, 0.1) is 0 Å². The number of hydrogen-bond acceptors (Lipinski definition) is 4. The quantitative estimate of drug-likeness (QED) is 0.794. The Hall–Kier alpha value is -1.32. The van der Waals surface area contributed by atoms with Gasteiger partial charge in [0.25, 0.3) is 0 Å². The highest BCUT2D eigenvalue weighted by atomic mass is 15.1. The highest BCUT2D eigenvalue weighted by Crippen LogP contribution is 2.37. The summed E-state index contributed by atoms with van der Waals surface area (Å²) in [5.41, 5.74) is 5.99. The lowest BCUT2D eigenvalue weighted by Gasteiger charge is -2.23. The monoisotopic (exact) mass is 206 g/mol. The molecule has 0 bridgehead atoms. The van der Waals surface area contributed by atoms with Crippen LogP contribution in [0.4, 0.5) is 11.8 Å². The summed E-state index contributed by atoms with van der Waals surface area (Å²) in [7, 11) is 0. The SMILES string of the molecule is CC1(CNc2nccc(N)n2)CCCC1. The molecule has 2 rings (SSSR count). The van der Waals surface area contributed by atoms with Crippen LogP contribution in [0.2, 0.25) is 0 Å². The van der Waals surface area contributed by atoms with Gasteiger partial charge < -0.3 is 11.1 Å². The summed E-state index contributed by atoms with van der Waals surface area (Å²) in [5.74, 6) is 1.16. The minimum absolute atomic E-state index is 0.411. The van der Waals surface area contributed by atoms with Gasteiger partial charge in [0, 0.05) is 12.7 Å². The second-order valence-corrected chi connectivity index (χ2v) is 4.68. The second-order valence-electron chi connectivity index (χ2n) is 4.68. The van der Waals surface area contributed by atoms with Crippen LogP contribution in [-0.2, 0) is 0 Å². The molecule has 1 fully saturated rings. The minimum atomic E-state index is 0.411. The molecule has 4 nitrogen and oxygen atoms in total. The topological polar surface area (TPSA) is 63.8 Å². The average molecular weight is 206 g/mol. The van der Waals surface area contributed by atoms with Crippen molar-refractivity contribution < 1.29 is 0 Å². The molecule has 3 N–H and O–H groups in total. The number of nitrogen functional groups attached to an aromatic ring is 1. The van der Waals surface area contributed by atoms with E-state index < -0.39 is 0 Å². The lowest BCUT2D eigenvalue weighted by molar-refractivity contribution is 0.361. The molecular formula is C11H18N4. The number of nitrogens with zero attached hydrogens (tertiary/aromatic N) is 2. The van der Waals surface area contributed by atoms with E-state index in [1.54, 1.807) is 12.3 Å². The molecule has 82 valence electrons. The third-order valence-corrected chi connectivity index (χ3v) is 3.16. The molecule has 15 heavy (non-hydrogen) atoms. The molecule has 1 aromatic heterocycles. The van der Waals surface area contributed by atoms with Crippen LogP contribution in [0.5, 0.6) is 0 Å². The zero-order valence-electron chi connectivity index (χ0n) is 9.16. The Kier molecular flexibility index (Phi) is 2.75. The normalized spacial score (nSPS) is 19.0. The first-order valence-corrected chi connectivity index (χ1v) is 5.50. The maximum absolute atomic E-state index is 5.58. The molecule has 1 aliphatic rings. The fourth-order valence-corrected chi connectivity index (χ4v) is 2.16. The Morgan fingerprint density at radius 1 is 1.47 bits per heavy atom. The number of rotatable bonds is 3. The van der Waals surface area contributed by atoms with Crippen molar-refractivity contribution in [2.75, 3.05) is 17.6 Å². The highest BCUT2D eigenvalue weighted by Gasteiger charge is 2.28. The first-order chi connectivity index (χ1) is 7.18. The largest absolute Gasteiger partial charge is 0.384 e. The fraction of sp³-hybridized carbons (Fsp3) is 0.636. The average Bonchev–Trinajstić information content (AvgIpc) is 2.63. The van der Waals surface area contributed by atoms with Gasteiger partial charge >= 0.3 is 0 Å². The molecule has 0 aliphatic heterocycles. The van der Waals surface area contributed by atoms with E-state index in [-0.39, 0.29) is 0 Å². The number of aromatic nitrogens is 2. The Balaban J connectivity index is 1.92. The van der Waals surface area contributed by atoms with Gasteiger partial charge in [-0.3, -0.25) is 0 Å². The minimum Gasteiger partial charge on any atom is -0.384 e. The molecule has 0 saturated heterocycles. The molecule has 0 amide bonds. The smallest absolute Gasteiger partial charge is 0.224 e. The number of hydrogen-bond donors (Lipinski definition) is 2. The van der Waals surface area contributed by atoms with E-state index in [0.29, 0.717) is 17.2 Å². The molecule has 1 saturated carbocycles. The number of nitrogens with one attached hydrogen (secondary N) is 1. The summed E-state index contributed by atoms with van der Waals surface area (Å²) in [6, 6.07) is 1.70. The molecular weight excluding hydrogens is 188 g/mol. The van der Waals surface area contributed by atoms with Crippen molar-refractivity contribution in [3.63, 3.8) is 0 Å². The van der Waals surface area contributed by atoms with Gasteiger partial charge in [-0.2, -0.15) is 4.98 Å². The third-order valence-electron chi connectivity index (χ3n) is 3.16. The van der Waals surface area contributed by atoms with E-state index in [1.165, 1.54) is 25.7 Å². The Morgan fingerprint density at radius 2 is 2.20 bits per heavy atom. The second kappa shape index (κ2) is 4.04. The summed E-state index contributed by atoms with van der Waals surface area (Å²) in [5, 5.41) is 3.27. The fourth-order valence-electron chi connectivity index (χ4n) is 2.16. The summed E-state index contributed by atoms with van der Waals surface area (Å²) >= 11 is 0. The van der Waals surface area contributed by atoms with E-state index >= 15 is 0 Å². The number of anilines is 2. The first-order valence-electron chi connectivity index (χ1n) is 5.50. The van der Waals surface area contributed by atoms with Gasteiger partial charge in [0.1, 0.15) is 5.82 Å². The summed E-state index contributed by atoms with van der Waals surface area (Å²) in [4.78, 5) is 8.25. The lowest BCUT2D eigenvalue weighted by atomic mass is 9.89. The van der Waals surface area contributed by atoms with Crippen LogP contribution in [0.25, 0.3) is 0 Å². The van der Waals surface area contributed by atoms with Crippen LogP contribution in [-0.4, -0.2) is 16.5 Å². The maximum Gasteiger partial charge on any atom is 0.224 e. The van der Waals surface area contributed by atoms with Crippen LogP contribution in [0.1, 0.15) is 32.6 Å². The lowest BCUT2D eigenvalue weighted by Crippen LogP contribution is -2.23. The van der Waals surface area contributed by atoms with Crippen molar-refractivity contribution in [1.29, 1.82) is 0 Å². The molecule has 1 aromatic rings. The van der Waals surface area contributed by atoms with E-state index in [1.807, 2.05) is 0 Å². The van der Waals surface area contributed by atoms with Crippen molar-refractivity contribution >= 4 is 11.8 Å². The van der Waals surface area contributed by atoms with E-state index in [2.05, 4.69) is 22.2 Å². The van der Waals surface area contributed by atoms with Gasteiger partial charge in [0.2, 0.25) is 5.95 Å². The molecule has 4 heteroatoms. The predicted molar refractivity (Wildman–Crippen MR) is 61.5 cm³/mol. The molecule has 1 aliphatic carbocycles. The van der Waals surface area contributed by atoms with Crippen molar-refractivity contribution in [3.8, 4) is 0 Å². The van der Waals surface area contributed by atoms with Crippen LogP contribution in [0.3, 0.4) is 0 Å². The van der Waals surface area contributed by atoms with E-state index in [9.17, 15) is 0 Å². The van der Waals surface area contributed by atoms with E-state index in [0.717, 1.165) is 6.54 Å². The van der Waals surface area contributed by atoms with Crippen LogP contribution < -0.4 is 11.1 Å². The van der Waals surface area contributed by atoms with Crippen molar-refractivity contribution in [2.45, 2.75) is 32.6 Å². The standard InChI is InChI=1S/C11H18N4/c1-11(5-2-3-6-11)8-14-10-13-7-4-9(12)15-10/h4,7H,2-3,5-6,8H2,1H3,(H3,12,13,14,15). The van der Waals surface area contributed by atoms with Crippen molar-refractivity contribution in [2.24, 2.45) is 5.41 Å². The first kappa shape index (κ1) is 10.2. The predicted octanol–water partition coefficient (Wildman–Crippen LogP) is 2.05. The number of nitrogens with two attached hydrogens (primary N) is 1. The van der Waals surface area contributed by atoms with E-state index in [4.69, 9.17) is 5.73 Å². The van der Waals surface area contributed by atoms with Gasteiger partial charge in [-0.05, 0) is 24.3 Å².